The molecule has 0 spiro atoms. The zero-order valence-corrected chi connectivity index (χ0v) is 15.3. The summed E-state index contributed by atoms with van der Waals surface area (Å²) in [5, 5.41) is 0. The van der Waals surface area contributed by atoms with Crippen LogP contribution >= 0.6 is 0 Å². The quantitative estimate of drug-likeness (QED) is 0.580. The number of ether oxygens (including phenoxy) is 2. The lowest BCUT2D eigenvalue weighted by atomic mass is 9.99. The van der Waals surface area contributed by atoms with E-state index in [0.29, 0.717) is 16.9 Å². The van der Waals surface area contributed by atoms with Crippen molar-refractivity contribution >= 4 is 11.8 Å². The van der Waals surface area contributed by atoms with Gasteiger partial charge in [0.15, 0.2) is 11.4 Å². The number of rotatable bonds is 6. The van der Waals surface area contributed by atoms with Crippen LogP contribution in [0.3, 0.4) is 0 Å². The molecule has 25 heavy (non-hydrogen) atoms. The Hall–Kier alpha value is -2.62. The summed E-state index contributed by atoms with van der Waals surface area (Å²) < 4.78 is 10.9. The Morgan fingerprint density at radius 2 is 1.56 bits per heavy atom. The first-order chi connectivity index (χ1) is 11.7. The van der Waals surface area contributed by atoms with Gasteiger partial charge < -0.3 is 9.47 Å². The fourth-order valence-corrected chi connectivity index (χ4v) is 2.35. The Morgan fingerprint density at radius 3 is 2.12 bits per heavy atom. The summed E-state index contributed by atoms with van der Waals surface area (Å²) in [6.07, 6.45) is -0.204. The summed E-state index contributed by atoms with van der Waals surface area (Å²) in [5.74, 6) is 0.0396. The number of hydrogen-bond donors (Lipinski definition) is 0. The molecule has 4 nitrogen and oxygen atoms in total. The van der Waals surface area contributed by atoms with E-state index >= 15 is 0 Å². The van der Waals surface area contributed by atoms with Crippen molar-refractivity contribution in [3.05, 3.63) is 65.2 Å². The summed E-state index contributed by atoms with van der Waals surface area (Å²) >= 11 is 0. The molecule has 132 valence electrons. The van der Waals surface area contributed by atoms with E-state index in [1.165, 1.54) is 0 Å². The first kappa shape index (κ1) is 18.7. The predicted octanol–water partition coefficient (Wildman–Crippen LogP) is 4.34. The minimum atomic E-state index is -1.11. The van der Waals surface area contributed by atoms with Crippen LogP contribution in [0.15, 0.2) is 48.5 Å². The molecule has 0 amide bonds. The van der Waals surface area contributed by atoms with E-state index in [-0.39, 0.29) is 11.9 Å². The van der Waals surface area contributed by atoms with Gasteiger partial charge in [0.05, 0.1) is 6.10 Å². The molecule has 0 atom stereocenters. The van der Waals surface area contributed by atoms with E-state index < -0.39 is 11.6 Å². The molecule has 0 aliphatic rings. The van der Waals surface area contributed by atoms with E-state index in [0.717, 1.165) is 5.56 Å². The number of ketones is 1. The molecule has 0 unspecified atom stereocenters. The van der Waals surface area contributed by atoms with Crippen molar-refractivity contribution in [1.82, 2.24) is 0 Å². The third-order valence-corrected chi connectivity index (χ3v) is 3.71. The topological polar surface area (TPSA) is 52.6 Å². The number of carbonyl (C=O) groups excluding carboxylic acids is 2. The van der Waals surface area contributed by atoms with E-state index in [4.69, 9.17) is 9.47 Å². The lowest BCUT2D eigenvalue weighted by Gasteiger charge is -2.25. The molecular weight excluding hydrogens is 316 g/mol. The van der Waals surface area contributed by atoms with Crippen LogP contribution in [0.2, 0.25) is 0 Å². The van der Waals surface area contributed by atoms with E-state index in [2.05, 4.69) is 0 Å². The van der Waals surface area contributed by atoms with Crippen LogP contribution in [0.25, 0.3) is 0 Å². The maximum Gasteiger partial charge on any atom is 0.350 e. The minimum absolute atomic E-state index is 0.0388. The molecule has 0 saturated heterocycles. The summed E-state index contributed by atoms with van der Waals surface area (Å²) in [5.41, 5.74) is 1.08. The standard InChI is InChI=1S/C21H24O4/c1-14(2)24-20(23)21(4,5)25-17-12-10-16(11-13-17)19(22)18-9-7-6-8-15(18)3/h6-14H,1-5H3. The number of aryl methyl sites for hydroxylation is 1. The van der Waals surface area contributed by atoms with E-state index in [1.54, 1.807) is 52.0 Å². The minimum Gasteiger partial charge on any atom is -0.476 e. The Balaban J connectivity index is 2.13. The van der Waals surface area contributed by atoms with Crippen molar-refractivity contribution in [2.45, 2.75) is 46.3 Å². The van der Waals surface area contributed by atoms with Crippen LogP contribution in [0, 0.1) is 6.92 Å². The first-order valence-electron chi connectivity index (χ1n) is 8.31. The summed E-state index contributed by atoms with van der Waals surface area (Å²) in [7, 11) is 0. The molecule has 0 saturated carbocycles. The number of esters is 1. The molecule has 2 aromatic carbocycles. The molecule has 0 aliphatic carbocycles. The van der Waals surface area contributed by atoms with Crippen LogP contribution in [-0.2, 0) is 9.53 Å². The third kappa shape index (κ3) is 4.69. The van der Waals surface area contributed by atoms with Gasteiger partial charge in [-0.2, -0.15) is 0 Å². The molecule has 2 rings (SSSR count). The average molecular weight is 340 g/mol. The maximum absolute atomic E-state index is 12.6. The molecule has 0 aromatic heterocycles. The van der Waals surface area contributed by atoms with Crippen molar-refractivity contribution in [2.75, 3.05) is 0 Å². The van der Waals surface area contributed by atoms with Gasteiger partial charge in [-0.25, -0.2) is 4.79 Å². The van der Waals surface area contributed by atoms with Gasteiger partial charge in [0, 0.05) is 11.1 Å². The van der Waals surface area contributed by atoms with E-state index in [1.807, 2.05) is 31.2 Å². The molecule has 0 heterocycles. The SMILES string of the molecule is Cc1ccccc1C(=O)c1ccc(OC(C)(C)C(=O)OC(C)C)cc1. The van der Waals surface area contributed by atoms with Crippen molar-refractivity contribution in [2.24, 2.45) is 0 Å². The zero-order chi connectivity index (χ0) is 18.6. The second kappa shape index (κ2) is 7.51. The highest BCUT2D eigenvalue weighted by Gasteiger charge is 2.32. The average Bonchev–Trinajstić information content (AvgIpc) is 2.54. The van der Waals surface area contributed by atoms with Crippen LogP contribution in [0.1, 0.15) is 49.2 Å². The lowest BCUT2D eigenvalue weighted by Crippen LogP contribution is -2.40. The van der Waals surface area contributed by atoms with Crippen LogP contribution in [-0.4, -0.2) is 23.5 Å². The van der Waals surface area contributed by atoms with Gasteiger partial charge in [-0.1, -0.05) is 24.3 Å². The van der Waals surface area contributed by atoms with Crippen LogP contribution < -0.4 is 4.74 Å². The Kier molecular flexibility index (Phi) is 5.62. The monoisotopic (exact) mass is 340 g/mol. The Morgan fingerprint density at radius 1 is 0.960 bits per heavy atom. The van der Waals surface area contributed by atoms with Crippen molar-refractivity contribution in [1.29, 1.82) is 0 Å². The van der Waals surface area contributed by atoms with Gasteiger partial charge in [-0.3, -0.25) is 4.79 Å². The number of carbonyl (C=O) groups is 2. The van der Waals surface area contributed by atoms with Gasteiger partial charge in [0.1, 0.15) is 5.75 Å². The van der Waals surface area contributed by atoms with Gasteiger partial charge in [-0.15, -0.1) is 0 Å². The Bertz CT molecular complexity index is 758. The second-order valence-electron chi connectivity index (χ2n) is 6.73. The van der Waals surface area contributed by atoms with Crippen LogP contribution in [0.5, 0.6) is 5.75 Å². The molecule has 0 fully saturated rings. The lowest BCUT2D eigenvalue weighted by molar-refractivity contribution is -0.163. The fourth-order valence-electron chi connectivity index (χ4n) is 2.35. The van der Waals surface area contributed by atoms with Crippen molar-refractivity contribution in [3.63, 3.8) is 0 Å². The zero-order valence-electron chi connectivity index (χ0n) is 15.3. The highest BCUT2D eigenvalue weighted by atomic mass is 16.6. The second-order valence-corrected chi connectivity index (χ2v) is 6.73. The smallest absolute Gasteiger partial charge is 0.350 e. The number of hydrogen-bond acceptors (Lipinski definition) is 4. The number of benzene rings is 2. The largest absolute Gasteiger partial charge is 0.476 e. The van der Waals surface area contributed by atoms with Crippen LogP contribution in [0.4, 0.5) is 0 Å². The highest BCUT2D eigenvalue weighted by molar-refractivity contribution is 6.09. The van der Waals surface area contributed by atoms with Gasteiger partial charge in [0.25, 0.3) is 0 Å². The summed E-state index contributed by atoms with van der Waals surface area (Å²) in [4.78, 5) is 24.7. The molecule has 2 aromatic rings. The highest BCUT2D eigenvalue weighted by Crippen LogP contribution is 2.22. The van der Waals surface area contributed by atoms with Gasteiger partial charge in [-0.05, 0) is 64.4 Å². The van der Waals surface area contributed by atoms with Gasteiger partial charge >= 0.3 is 5.97 Å². The summed E-state index contributed by atoms with van der Waals surface area (Å²) in [6.45, 7) is 8.81. The predicted molar refractivity (Wildman–Crippen MR) is 97.0 cm³/mol. The summed E-state index contributed by atoms with van der Waals surface area (Å²) in [6, 6.07) is 14.3. The Labute approximate surface area is 148 Å². The first-order valence-corrected chi connectivity index (χ1v) is 8.31. The maximum atomic E-state index is 12.6. The third-order valence-electron chi connectivity index (χ3n) is 3.71. The molecule has 0 bridgehead atoms. The van der Waals surface area contributed by atoms with Crippen molar-refractivity contribution < 1.29 is 19.1 Å². The van der Waals surface area contributed by atoms with Gasteiger partial charge in [0.2, 0.25) is 0 Å². The molecule has 0 radical (unpaired) electrons. The molecule has 4 heteroatoms. The molecule has 0 aliphatic heterocycles. The molecular formula is C21H24O4. The van der Waals surface area contributed by atoms with E-state index in [9.17, 15) is 9.59 Å². The molecule has 0 N–H and O–H groups in total. The fraction of sp³-hybridized carbons (Fsp3) is 0.333. The normalized spacial score (nSPS) is 11.3. The van der Waals surface area contributed by atoms with Crippen molar-refractivity contribution in [3.8, 4) is 5.75 Å².